The molecule has 0 atom stereocenters. The van der Waals surface area contributed by atoms with Crippen LogP contribution in [0, 0.1) is 20.8 Å². The first-order valence-corrected chi connectivity index (χ1v) is 7.46. The summed E-state index contributed by atoms with van der Waals surface area (Å²) in [7, 11) is 0. The van der Waals surface area contributed by atoms with E-state index in [-0.39, 0.29) is 6.61 Å². The van der Waals surface area contributed by atoms with Crippen molar-refractivity contribution < 1.29 is 5.11 Å². The first-order valence-electron chi connectivity index (χ1n) is 6.67. The fourth-order valence-electron chi connectivity index (χ4n) is 2.28. The van der Waals surface area contributed by atoms with Crippen molar-refractivity contribution >= 4 is 21.6 Å². The number of aliphatic hydroxyl groups is 1. The molecule has 0 spiro atoms. The minimum absolute atomic E-state index is 0.111. The summed E-state index contributed by atoms with van der Waals surface area (Å²) in [6.07, 6.45) is 0. The first kappa shape index (κ1) is 15.1. The molecule has 0 aliphatic heterocycles. The highest BCUT2D eigenvalue weighted by molar-refractivity contribution is 9.10. The lowest BCUT2D eigenvalue weighted by Crippen LogP contribution is -2.07. The van der Waals surface area contributed by atoms with Gasteiger partial charge in [0.1, 0.15) is 0 Å². The number of aliphatic hydroxyl groups excluding tert-OH is 1. The number of hydrogen-bond donors (Lipinski definition) is 2. The Morgan fingerprint density at radius 2 is 2.05 bits per heavy atom. The van der Waals surface area contributed by atoms with Gasteiger partial charge in [-0.2, -0.15) is 5.10 Å². The summed E-state index contributed by atoms with van der Waals surface area (Å²) in [5, 5.41) is 17.0. The summed E-state index contributed by atoms with van der Waals surface area (Å²) in [5.74, 6) is 0. The van der Waals surface area contributed by atoms with E-state index in [2.05, 4.69) is 39.3 Å². The Labute approximate surface area is 127 Å². The predicted octanol–water partition coefficient (Wildman–Crippen LogP) is 3.18. The van der Waals surface area contributed by atoms with Crippen LogP contribution in [0.25, 0.3) is 0 Å². The van der Waals surface area contributed by atoms with Crippen LogP contribution < -0.4 is 5.32 Å². The zero-order valence-corrected chi connectivity index (χ0v) is 13.7. The molecule has 108 valence electrons. The molecule has 0 bridgehead atoms. The van der Waals surface area contributed by atoms with Crippen molar-refractivity contribution in [3.63, 3.8) is 0 Å². The second kappa shape index (κ2) is 6.41. The molecule has 0 aliphatic carbocycles. The van der Waals surface area contributed by atoms with E-state index < -0.39 is 0 Å². The van der Waals surface area contributed by atoms with Gasteiger partial charge in [-0.3, -0.25) is 4.68 Å². The maximum atomic E-state index is 9.04. The van der Waals surface area contributed by atoms with Crippen molar-refractivity contribution in [2.45, 2.75) is 33.9 Å². The fraction of sp³-hybridized carbons (Fsp3) is 0.400. The van der Waals surface area contributed by atoms with E-state index in [4.69, 9.17) is 5.11 Å². The van der Waals surface area contributed by atoms with Crippen LogP contribution in [0.5, 0.6) is 0 Å². The molecule has 0 saturated carbocycles. The third-order valence-electron chi connectivity index (χ3n) is 3.57. The van der Waals surface area contributed by atoms with E-state index in [9.17, 15) is 0 Å². The van der Waals surface area contributed by atoms with Crippen LogP contribution in [0.1, 0.15) is 22.5 Å². The molecule has 0 amide bonds. The molecule has 20 heavy (non-hydrogen) atoms. The SMILES string of the molecule is Cc1nn(CCO)c(C)c1CNc1cccc(Br)c1C. The highest BCUT2D eigenvalue weighted by Gasteiger charge is 2.11. The predicted molar refractivity (Wildman–Crippen MR) is 85.0 cm³/mol. The van der Waals surface area contributed by atoms with E-state index in [1.54, 1.807) is 0 Å². The van der Waals surface area contributed by atoms with Gasteiger partial charge in [0.15, 0.2) is 0 Å². The number of halogens is 1. The van der Waals surface area contributed by atoms with Gasteiger partial charge < -0.3 is 10.4 Å². The normalized spacial score (nSPS) is 10.8. The van der Waals surface area contributed by atoms with Gasteiger partial charge >= 0.3 is 0 Å². The standard InChI is InChI=1S/C15H20BrN3O/c1-10-14(16)5-4-6-15(10)17-9-13-11(2)18-19(7-8-20)12(13)3/h4-6,17,20H,7-9H2,1-3H3. The van der Waals surface area contributed by atoms with Gasteiger partial charge in [-0.1, -0.05) is 22.0 Å². The van der Waals surface area contributed by atoms with Gasteiger partial charge in [-0.15, -0.1) is 0 Å². The Morgan fingerprint density at radius 3 is 2.75 bits per heavy atom. The smallest absolute Gasteiger partial charge is 0.0646 e. The number of nitrogens with one attached hydrogen (secondary N) is 1. The summed E-state index contributed by atoms with van der Waals surface area (Å²) < 4.78 is 2.96. The summed E-state index contributed by atoms with van der Waals surface area (Å²) in [6.45, 7) is 7.52. The monoisotopic (exact) mass is 337 g/mol. The average molecular weight is 338 g/mol. The topological polar surface area (TPSA) is 50.1 Å². The summed E-state index contributed by atoms with van der Waals surface area (Å²) >= 11 is 3.54. The highest BCUT2D eigenvalue weighted by atomic mass is 79.9. The Kier molecular flexibility index (Phi) is 4.83. The van der Waals surface area contributed by atoms with Gasteiger partial charge in [0.05, 0.1) is 18.8 Å². The third kappa shape index (κ3) is 3.04. The van der Waals surface area contributed by atoms with Crippen molar-refractivity contribution in [3.8, 4) is 0 Å². The number of benzene rings is 1. The molecule has 0 radical (unpaired) electrons. The van der Waals surface area contributed by atoms with Crippen LogP contribution in [0.2, 0.25) is 0 Å². The maximum absolute atomic E-state index is 9.04. The molecule has 1 aromatic heterocycles. The molecular formula is C15H20BrN3O. The Balaban J connectivity index is 2.17. The van der Waals surface area contributed by atoms with E-state index in [0.717, 1.165) is 28.1 Å². The molecule has 0 fully saturated rings. The van der Waals surface area contributed by atoms with Crippen molar-refractivity contribution in [1.29, 1.82) is 0 Å². The molecule has 5 heteroatoms. The molecule has 1 aromatic carbocycles. The third-order valence-corrected chi connectivity index (χ3v) is 4.43. The van der Waals surface area contributed by atoms with Crippen molar-refractivity contribution in [2.24, 2.45) is 0 Å². The lowest BCUT2D eigenvalue weighted by molar-refractivity contribution is 0.268. The van der Waals surface area contributed by atoms with Gasteiger partial charge in [-0.25, -0.2) is 0 Å². The van der Waals surface area contributed by atoms with Crippen LogP contribution in [0.4, 0.5) is 5.69 Å². The fourth-order valence-corrected chi connectivity index (χ4v) is 2.65. The zero-order chi connectivity index (χ0) is 14.7. The molecule has 4 nitrogen and oxygen atoms in total. The summed E-state index contributed by atoms with van der Waals surface area (Å²) in [4.78, 5) is 0. The molecule has 2 aromatic rings. The highest BCUT2D eigenvalue weighted by Crippen LogP contribution is 2.24. The Hall–Kier alpha value is -1.33. The second-order valence-electron chi connectivity index (χ2n) is 4.86. The van der Waals surface area contributed by atoms with Crippen LogP contribution in [-0.4, -0.2) is 21.5 Å². The van der Waals surface area contributed by atoms with Gasteiger partial charge in [0.2, 0.25) is 0 Å². The van der Waals surface area contributed by atoms with Gasteiger partial charge in [-0.05, 0) is 38.5 Å². The van der Waals surface area contributed by atoms with E-state index in [0.29, 0.717) is 6.54 Å². The molecule has 0 aliphatic rings. The van der Waals surface area contributed by atoms with Gasteiger partial charge in [0, 0.05) is 28.0 Å². The quantitative estimate of drug-likeness (QED) is 0.880. The molecule has 0 unspecified atom stereocenters. The van der Waals surface area contributed by atoms with Crippen LogP contribution >= 0.6 is 15.9 Å². The molecule has 0 saturated heterocycles. The zero-order valence-electron chi connectivity index (χ0n) is 12.1. The molecule has 2 rings (SSSR count). The molecular weight excluding hydrogens is 318 g/mol. The largest absolute Gasteiger partial charge is 0.394 e. The number of hydrogen-bond acceptors (Lipinski definition) is 3. The van der Waals surface area contributed by atoms with Crippen molar-refractivity contribution in [2.75, 3.05) is 11.9 Å². The van der Waals surface area contributed by atoms with Crippen LogP contribution in [-0.2, 0) is 13.1 Å². The number of aromatic nitrogens is 2. The number of nitrogens with zero attached hydrogens (tertiary/aromatic N) is 2. The van der Waals surface area contributed by atoms with Crippen LogP contribution in [0.3, 0.4) is 0 Å². The number of aryl methyl sites for hydroxylation is 1. The van der Waals surface area contributed by atoms with E-state index in [1.165, 1.54) is 11.1 Å². The lowest BCUT2D eigenvalue weighted by Gasteiger charge is -2.11. The first-order chi connectivity index (χ1) is 9.54. The molecule has 2 N–H and O–H groups in total. The number of anilines is 1. The minimum atomic E-state index is 0.111. The van der Waals surface area contributed by atoms with Crippen molar-refractivity contribution in [3.05, 3.63) is 45.2 Å². The summed E-state index contributed by atoms with van der Waals surface area (Å²) in [5.41, 5.74) is 5.63. The minimum Gasteiger partial charge on any atom is -0.394 e. The summed E-state index contributed by atoms with van der Waals surface area (Å²) in [6, 6.07) is 6.13. The van der Waals surface area contributed by atoms with E-state index >= 15 is 0 Å². The second-order valence-corrected chi connectivity index (χ2v) is 5.72. The van der Waals surface area contributed by atoms with Crippen LogP contribution in [0.15, 0.2) is 22.7 Å². The van der Waals surface area contributed by atoms with Crippen molar-refractivity contribution in [1.82, 2.24) is 9.78 Å². The Bertz CT molecular complexity index is 607. The average Bonchev–Trinajstić information content (AvgIpc) is 2.68. The van der Waals surface area contributed by atoms with E-state index in [1.807, 2.05) is 30.7 Å². The Morgan fingerprint density at radius 1 is 1.30 bits per heavy atom. The lowest BCUT2D eigenvalue weighted by atomic mass is 10.1. The van der Waals surface area contributed by atoms with Gasteiger partial charge in [0.25, 0.3) is 0 Å². The number of rotatable bonds is 5. The maximum Gasteiger partial charge on any atom is 0.0646 e. The molecule has 1 heterocycles.